The molecule has 0 bridgehead atoms. The molecule has 0 aliphatic heterocycles. The lowest BCUT2D eigenvalue weighted by Gasteiger charge is -2.07. The number of hydrogen-bond donors (Lipinski definition) is 1. The third kappa shape index (κ3) is 5.56. The van der Waals surface area contributed by atoms with Crippen LogP contribution in [0.5, 0.6) is 0 Å². The fourth-order valence-electron chi connectivity index (χ4n) is 2.13. The number of halogens is 1. The molecule has 0 saturated heterocycles. The summed E-state index contributed by atoms with van der Waals surface area (Å²) in [5, 5.41) is 2.95. The van der Waals surface area contributed by atoms with Crippen LogP contribution in [0.1, 0.15) is 16.7 Å². The molecule has 110 valence electrons. The van der Waals surface area contributed by atoms with Crippen molar-refractivity contribution >= 4 is 39.3 Å². The van der Waals surface area contributed by atoms with Gasteiger partial charge in [-0.2, -0.15) is 0 Å². The monoisotopic (exact) mass is 363 g/mol. The lowest BCUT2D eigenvalue weighted by atomic mass is 10.1. The number of thioether (sulfide) groups is 1. The van der Waals surface area contributed by atoms with E-state index in [0.717, 1.165) is 27.0 Å². The zero-order valence-corrected chi connectivity index (χ0v) is 14.6. The SMILES string of the molecule is Cc1cc(C)cc(NC(=O)CSCc2cccc(Br)c2)c1. The van der Waals surface area contributed by atoms with E-state index in [4.69, 9.17) is 0 Å². The molecule has 0 atom stereocenters. The van der Waals surface area contributed by atoms with Crippen LogP contribution < -0.4 is 5.32 Å². The summed E-state index contributed by atoms with van der Waals surface area (Å²) in [5.41, 5.74) is 4.41. The largest absolute Gasteiger partial charge is 0.325 e. The fourth-order valence-corrected chi connectivity index (χ4v) is 3.35. The molecule has 2 aromatic rings. The van der Waals surface area contributed by atoms with E-state index in [1.807, 2.05) is 38.1 Å². The highest BCUT2D eigenvalue weighted by molar-refractivity contribution is 9.10. The first-order valence-corrected chi connectivity index (χ1v) is 8.68. The van der Waals surface area contributed by atoms with Gasteiger partial charge in [0, 0.05) is 15.9 Å². The summed E-state index contributed by atoms with van der Waals surface area (Å²) < 4.78 is 1.07. The van der Waals surface area contributed by atoms with Crippen LogP contribution in [0.3, 0.4) is 0 Å². The van der Waals surface area contributed by atoms with Gasteiger partial charge >= 0.3 is 0 Å². The molecule has 4 heteroatoms. The van der Waals surface area contributed by atoms with Gasteiger partial charge in [0.25, 0.3) is 0 Å². The first-order valence-electron chi connectivity index (χ1n) is 6.73. The van der Waals surface area contributed by atoms with E-state index in [2.05, 4.69) is 39.4 Å². The van der Waals surface area contributed by atoms with Crippen molar-refractivity contribution in [1.29, 1.82) is 0 Å². The zero-order valence-electron chi connectivity index (χ0n) is 12.2. The van der Waals surface area contributed by atoms with Gasteiger partial charge in [-0.1, -0.05) is 34.1 Å². The Morgan fingerprint density at radius 2 is 1.86 bits per heavy atom. The number of anilines is 1. The standard InChI is InChI=1S/C17H18BrNOS/c1-12-6-13(2)8-16(7-12)19-17(20)11-21-10-14-4-3-5-15(18)9-14/h3-9H,10-11H2,1-2H3,(H,19,20). The summed E-state index contributed by atoms with van der Waals surface area (Å²) in [7, 11) is 0. The minimum absolute atomic E-state index is 0.0417. The van der Waals surface area contributed by atoms with Gasteiger partial charge < -0.3 is 5.32 Å². The quantitative estimate of drug-likeness (QED) is 0.814. The lowest BCUT2D eigenvalue weighted by Crippen LogP contribution is -2.14. The molecular weight excluding hydrogens is 346 g/mol. The number of aryl methyl sites for hydroxylation is 2. The number of rotatable bonds is 5. The van der Waals surface area contributed by atoms with E-state index in [1.165, 1.54) is 5.56 Å². The number of nitrogens with one attached hydrogen (secondary N) is 1. The normalized spacial score (nSPS) is 10.4. The average Bonchev–Trinajstić information content (AvgIpc) is 2.37. The highest BCUT2D eigenvalue weighted by atomic mass is 79.9. The highest BCUT2D eigenvalue weighted by Crippen LogP contribution is 2.18. The van der Waals surface area contributed by atoms with Gasteiger partial charge in [0.15, 0.2) is 0 Å². The number of carbonyl (C=O) groups excluding carboxylic acids is 1. The number of hydrogen-bond acceptors (Lipinski definition) is 2. The van der Waals surface area contributed by atoms with Crippen molar-refractivity contribution in [1.82, 2.24) is 0 Å². The van der Waals surface area contributed by atoms with E-state index in [0.29, 0.717) is 5.75 Å². The van der Waals surface area contributed by atoms with Crippen LogP contribution in [0.15, 0.2) is 46.9 Å². The molecule has 0 radical (unpaired) electrons. The van der Waals surface area contributed by atoms with Crippen LogP contribution in [-0.2, 0) is 10.5 Å². The molecule has 0 heterocycles. The van der Waals surface area contributed by atoms with Crippen molar-refractivity contribution in [3.63, 3.8) is 0 Å². The molecule has 0 aliphatic carbocycles. The van der Waals surface area contributed by atoms with Gasteiger partial charge in [-0.3, -0.25) is 4.79 Å². The second-order valence-electron chi connectivity index (χ2n) is 5.05. The second kappa shape index (κ2) is 7.66. The molecule has 0 unspecified atom stereocenters. The van der Waals surface area contributed by atoms with Crippen molar-refractivity contribution in [3.8, 4) is 0 Å². The molecule has 2 rings (SSSR count). The van der Waals surface area contributed by atoms with E-state index in [-0.39, 0.29) is 5.91 Å². The van der Waals surface area contributed by atoms with Crippen molar-refractivity contribution in [2.75, 3.05) is 11.1 Å². The fraction of sp³-hybridized carbons (Fsp3) is 0.235. The molecule has 0 saturated carbocycles. The molecule has 2 aromatic carbocycles. The highest BCUT2D eigenvalue weighted by Gasteiger charge is 2.04. The van der Waals surface area contributed by atoms with Gasteiger partial charge in [0.2, 0.25) is 5.91 Å². The topological polar surface area (TPSA) is 29.1 Å². The third-order valence-electron chi connectivity index (χ3n) is 2.90. The van der Waals surface area contributed by atoms with Crippen LogP contribution >= 0.6 is 27.7 Å². The Bertz CT molecular complexity index is 622. The Morgan fingerprint density at radius 3 is 2.52 bits per heavy atom. The van der Waals surface area contributed by atoms with Crippen LogP contribution in [-0.4, -0.2) is 11.7 Å². The average molecular weight is 364 g/mol. The summed E-state index contributed by atoms with van der Waals surface area (Å²) in [4.78, 5) is 12.0. The molecule has 1 N–H and O–H groups in total. The second-order valence-corrected chi connectivity index (χ2v) is 6.95. The molecule has 21 heavy (non-hydrogen) atoms. The Labute approximate surface area is 138 Å². The van der Waals surface area contributed by atoms with Gasteiger partial charge in [0.05, 0.1) is 5.75 Å². The van der Waals surface area contributed by atoms with Crippen LogP contribution in [0.4, 0.5) is 5.69 Å². The van der Waals surface area contributed by atoms with Gasteiger partial charge in [-0.15, -0.1) is 11.8 Å². The molecule has 2 nitrogen and oxygen atoms in total. The minimum atomic E-state index is 0.0417. The van der Waals surface area contributed by atoms with Crippen molar-refractivity contribution in [2.24, 2.45) is 0 Å². The van der Waals surface area contributed by atoms with Gasteiger partial charge in [-0.25, -0.2) is 0 Å². The molecule has 0 aromatic heterocycles. The molecule has 0 spiro atoms. The van der Waals surface area contributed by atoms with Crippen LogP contribution in [0.2, 0.25) is 0 Å². The first kappa shape index (κ1) is 16.1. The van der Waals surface area contributed by atoms with Crippen molar-refractivity contribution in [3.05, 3.63) is 63.6 Å². The maximum Gasteiger partial charge on any atom is 0.234 e. The minimum Gasteiger partial charge on any atom is -0.325 e. The van der Waals surface area contributed by atoms with Crippen LogP contribution in [0.25, 0.3) is 0 Å². The van der Waals surface area contributed by atoms with Gasteiger partial charge in [0.1, 0.15) is 0 Å². The van der Waals surface area contributed by atoms with E-state index in [1.54, 1.807) is 11.8 Å². The Balaban J connectivity index is 1.82. The summed E-state index contributed by atoms with van der Waals surface area (Å²) in [6.07, 6.45) is 0. The van der Waals surface area contributed by atoms with E-state index in [9.17, 15) is 4.79 Å². The van der Waals surface area contributed by atoms with E-state index >= 15 is 0 Å². The summed E-state index contributed by atoms with van der Waals surface area (Å²) in [6, 6.07) is 14.2. The summed E-state index contributed by atoms with van der Waals surface area (Å²) in [6.45, 7) is 4.06. The maximum atomic E-state index is 12.0. The van der Waals surface area contributed by atoms with Crippen LogP contribution in [0, 0.1) is 13.8 Å². The van der Waals surface area contributed by atoms with Crippen molar-refractivity contribution < 1.29 is 4.79 Å². The zero-order chi connectivity index (χ0) is 15.2. The van der Waals surface area contributed by atoms with Gasteiger partial charge in [-0.05, 0) is 54.8 Å². The first-order chi connectivity index (χ1) is 10.0. The number of benzene rings is 2. The number of carbonyl (C=O) groups is 1. The maximum absolute atomic E-state index is 12.0. The number of amides is 1. The molecular formula is C17H18BrNOS. The Kier molecular flexibility index (Phi) is 5.88. The molecule has 0 fully saturated rings. The Morgan fingerprint density at radius 1 is 1.14 bits per heavy atom. The lowest BCUT2D eigenvalue weighted by molar-refractivity contribution is -0.113. The van der Waals surface area contributed by atoms with E-state index < -0.39 is 0 Å². The summed E-state index contributed by atoms with van der Waals surface area (Å²) in [5.74, 6) is 1.33. The van der Waals surface area contributed by atoms with Crippen molar-refractivity contribution in [2.45, 2.75) is 19.6 Å². The Hall–Kier alpha value is -1.26. The molecule has 1 amide bonds. The predicted octanol–water partition coefficient (Wildman–Crippen LogP) is 4.94. The summed E-state index contributed by atoms with van der Waals surface area (Å²) >= 11 is 5.07. The smallest absolute Gasteiger partial charge is 0.234 e. The molecule has 0 aliphatic rings. The predicted molar refractivity (Wildman–Crippen MR) is 94.8 cm³/mol. The third-order valence-corrected chi connectivity index (χ3v) is 4.39.